The highest BCUT2D eigenvalue weighted by molar-refractivity contribution is 5.73. The van der Waals surface area contributed by atoms with Crippen LogP contribution in [0.3, 0.4) is 0 Å². The highest BCUT2D eigenvalue weighted by atomic mass is 16.3. The van der Waals surface area contributed by atoms with Gasteiger partial charge in [0, 0.05) is 39.4 Å². The maximum absolute atomic E-state index is 11.5. The summed E-state index contributed by atoms with van der Waals surface area (Å²) in [5.74, 6) is 0. The van der Waals surface area contributed by atoms with Crippen LogP contribution in [0.5, 0.6) is 0 Å². The minimum absolute atomic E-state index is 0.0200. The van der Waals surface area contributed by atoms with Crippen LogP contribution in [0.2, 0.25) is 0 Å². The van der Waals surface area contributed by atoms with Crippen LogP contribution in [0.25, 0.3) is 0 Å². The molecule has 1 rings (SSSR count). The lowest BCUT2D eigenvalue weighted by atomic mass is 10.3. The van der Waals surface area contributed by atoms with Crippen LogP contribution >= 0.6 is 0 Å². The third kappa shape index (κ3) is 4.63. The molecule has 5 heteroatoms. The van der Waals surface area contributed by atoms with Gasteiger partial charge in [-0.15, -0.1) is 0 Å². The van der Waals surface area contributed by atoms with Gasteiger partial charge in [-0.25, -0.2) is 4.79 Å². The molecule has 0 aliphatic carbocycles. The molecule has 0 aliphatic rings. The van der Waals surface area contributed by atoms with Crippen LogP contribution in [0, 0.1) is 0 Å². The Bertz CT molecular complexity index is 357. The number of carbonyl (C=O) groups excluding carboxylic acids is 1. The van der Waals surface area contributed by atoms with Gasteiger partial charge in [-0.1, -0.05) is 18.2 Å². The van der Waals surface area contributed by atoms with Gasteiger partial charge in [0.2, 0.25) is 0 Å². The number of nitrogens with one attached hydrogen (secondary N) is 1. The highest BCUT2D eigenvalue weighted by Crippen LogP contribution is 2.09. The normalized spacial score (nSPS) is 9.94. The molecule has 2 N–H and O–H groups in total. The summed E-state index contributed by atoms with van der Waals surface area (Å²) in [7, 11) is 3.64. The standard InChI is InChI=1S/C13H21N3O2/c1-15(12-6-4-3-5-7-12)9-8-14-13(18)16(2)10-11-17/h3-7,17H,8-11H2,1-2H3,(H,14,18). The fourth-order valence-electron chi connectivity index (χ4n) is 1.53. The van der Waals surface area contributed by atoms with Gasteiger partial charge < -0.3 is 20.2 Å². The lowest BCUT2D eigenvalue weighted by molar-refractivity contribution is 0.191. The van der Waals surface area contributed by atoms with Gasteiger partial charge in [-0.05, 0) is 12.1 Å². The summed E-state index contributed by atoms with van der Waals surface area (Å²) in [5, 5.41) is 11.5. The van der Waals surface area contributed by atoms with E-state index in [9.17, 15) is 4.79 Å². The molecule has 100 valence electrons. The van der Waals surface area contributed by atoms with Crippen molar-refractivity contribution in [2.24, 2.45) is 0 Å². The quantitative estimate of drug-likeness (QED) is 0.784. The van der Waals surface area contributed by atoms with Crippen LogP contribution in [-0.2, 0) is 0 Å². The second kappa shape index (κ2) is 7.55. The summed E-state index contributed by atoms with van der Waals surface area (Å²) < 4.78 is 0. The Morgan fingerprint density at radius 1 is 1.22 bits per heavy atom. The molecule has 1 aromatic rings. The number of hydrogen-bond acceptors (Lipinski definition) is 3. The molecule has 0 heterocycles. The second-order valence-corrected chi connectivity index (χ2v) is 4.13. The molecular formula is C13H21N3O2. The van der Waals surface area contributed by atoms with Crippen molar-refractivity contribution in [3.8, 4) is 0 Å². The minimum atomic E-state index is -0.162. The number of carbonyl (C=O) groups is 1. The third-order valence-electron chi connectivity index (χ3n) is 2.70. The number of urea groups is 1. The van der Waals surface area contributed by atoms with Crippen molar-refractivity contribution in [3.05, 3.63) is 30.3 Å². The maximum atomic E-state index is 11.5. The van der Waals surface area contributed by atoms with E-state index in [1.54, 1.807) is 7.05 Å². The van der Waals surface area contributed by atoms with Gasteiger partial charge in [-0.3, -0.25) is 0 Å². The zero-order chi connectivity index (χ0) is 13.4. The van der Waals surface area contributed by atoms with E-state index in [0.717, 1.165) is 12.2 Å². The van der Waals surface area contributed by atoms with Gasteiger partial charge in [0.25, 0.3) is 0 Å². The molecule has 18 heavy (non-hydrogen) atoms. The van der Waals surface area contributed by atoms with Crippen LogP contribution in [0.1, 0.15) is 0 Å². The molecule has 0 saturated carbocycles. The SMILES string of the molecule is CN(CCO)C(=O)NCCN(C)c1ccccc1. The van der Waals surface area contributed by atoms with Gasteiger partial charge in [0.15, 0.2) is 0 Å². The molecular weight excluding hydrogens is 230 g/mol. The number of likely N-dealkylation sites (N-methyl/N-ethyl adjacent to an activating group) is 2. The monoisotopic (exact) mass is 251 g/mol. The number of amides is 2. The molecule has 1 aromatic carbocycles. The van der Waals surface area contributed by atoms with Gasteiger partial charge in [0.1, 0.15) is 0 Å². The Morgan fingerprint density at radius 3 is 2.50 bits per heavy atom. The largest absolute Gasteiger partial charge is 0.395 e. The van der Waals surface area contributed by atoms with E-state index in [1.807, 2.05) is 37.4 Å². The van der Waals surface area contributed by atoms with Crippen LogP contribution in [0.15, 0.2) is 30.3 Å². The second-order valence-electron chi connectivity index (χ2n) is 4.13. The van der Waals surface area contributed by atoms with Gasteiger partial charge in [0.05, 0.1) is 6.61 Å². The van der Waals surface area contributed by atoms with Crippen LogP contribution < -0.4 is 10.2 Å². The van der Waals surface area contributed by atoms with Crippen molar-refractivity contribution in [1.29, 1.82) is 0 Å². The first-order valence-corrected chi connectivity index (χ1v) is 6.01. The van der Waals surface area contributed by atoms with Crippen molar-refractivity contribution >= 4 is 11.7 Å². The summed E-state index contributed by atoms with van der Waals surface area (Å²) in [6, 6.07) is 9.84. The van der Waals surface area contributed by atoms with E-state index in [2.05, 4.69) is 10.2 Å². The number of anilines is 1. The number of hydrogen-bond donors (Lipinski definition) is 2. The van der Waals surface area contributed by atoms with Crippen molar-refractivity contribution in [3.63, 3.8) is 0 Å². The molecule has 0 unspecified atom stereocenters. The predicted molar refractivity (Wildman–Crippen MR) is 72.8 cm³/mol. The highest BCUT2D eigenvalue weighted by Gasteiger charge is 2.07. The lowest BCUT2D eigenvalue weighted by Gasteiger charge is -2.21. The van der Waals surface area contributed by atoms with E-state index in [1.165, 1.54) is 4.90 Å². The summed E-state index contributed by atoms with van der Waals surface area (Å²) >= 11 is 0. The maximum Gasteiger partial charge on any atom is 0.317 e. The van der Waals surface area contributed by atoms with Crippen molar-refractivity contribution in [1.82, 2.24) is 10.2 Å². The first-order valence-electron chi connectivity index (χ1n) is 6.01. The Kier molecular flexibility index (Phi) is 6.00. The smallest absolute Gasteiger partial charge is 0.317 e. The molecule has 0 aliphatic heterocycles. The fourth-order valence-corrected chi connectivity index (χ4v) is 1.53. The number of aliphatic hydroxyl groups excluding tert-OH is 1. The molecule has 0 fully saturated rings. The van der Waals surface area contributed by atoms with Crippen LogP contribution in [0.4, 0.5) is 10.5 Å². The molecule has 2 amide bonds. The zero-order valence-electron chi connectivity index (χ0n) is 11.0. The van der Waals surface area contributed by atoms with E-state index in [-0.39, 0.29) is 12.6 Å². The average molecular weight is 251 g/mol. The first-order chi connectivity index (χ1) is 8.65. The Hall–Kier alpha value is -1.75. The van der Waals surface area contributed by atoms with Gasteiger partial charge >= 0.3 is 6.03 Å². The first kappa shape index (κ1) is 14.3. The Labute approximate surface area is 108 Å². The molecule has 0 aromatic heterocycles. The Balaban J connectivity index is 2.27. The summed E-state index contributed by atoms with van der Waals surface area (Å²) in [5.41, 5.74) is 1.12. The molecule has 0 saturated heterocycles. The van der Waals surface area contributed by atoms with E-state index in [4.69, 9.17) is 5.11 Å². The number of aliphatic hydroxyl groups is 1. The predicted octanol–water partition coefficient (Wildman–Crippen LogP) is 0.756. The molecule has 0 bridgehead atoms. The van der Waals surface area contributed by atoms with Crippen molar-refractivity contribution < 1.29 is 9.90 Å². The van der Waals surface area contributed by atoms with E-state index in [0.29, 0.717) is 13.1 Å². The number of rotatable bonds is 6. The lowest BCUT2D eigenvalue weighted by Crippen LogP contribution is -2.41. The van der Waals surface area contributed by atoms with E-state index >= 15 is 0 Å². The topological polar surface area (TPSA) is 55.8 Å². The Morgan fingerprint density at radius 2 is 1.89 bits per heavy atom. The van der Waals surface area contributed by atoms with Crippen molar-refractivity contribution in [2.45, 2.75) is 0 Å². The molecule has 0 spiro atoms. The molecule has 0 atom stereocenters. The summed E-state index contributed by atoms with van der Waals surface area (Å²) in [6.07, 6.45) is 0. The zero-order valence-corrected chi connectivity index (χ0v) is 11.0. The summed E-state index contributed by atoms with van der Waals surface area (Å²) in [4.78, 5) is 15.1. The molecule has 0 radical (unpaired) electrons. The van der Waals surface area contributed by atoms with Crippen molar-refractivity contribution in [2.75, 3.05) is 45.2 Å². The van der Waals surface area contributed by atoms with Gasteiger partial charge in [-0.2, -0.15) is 0 Å². The fraction of sp³-hybridized carbons (Fsp3) is 0.462. The summed E-state index contributed by atoms with van der Waals surface area (Å²) in [6.45, 7) is 1.64. The third-order valence-corrected chi connectivity index (χ3v) is 2.70. The number of nitrogens with zero attached hydrogens (tertiary/aromatic N) is 2. The number of benzene rings is 1. The van der Waals surface area contributed by atoms with Crippen LogP contribution in [-0.4, -0.2) is 56.4 Å². The minimum Gasteiger partial charge on any atom is -0.395 e. The average Bonchev–Trinajstić information content (AvgIpc) is 2.39. The number of para-hydroxylation sites is 1. The van der Waals surface area contributed by atoms with E-state index < -0.39 is 0 Å². The molecule has 5 nitrogen and oxygen atoms in total.